The van der Waals surface area contributed by atoms with Gasteiger partial charge in [-0.15, -0.1) is 0 Å². The summed E-state index contributed by atoms with van der Waals surface area (Å²) in [7, 11) is 0. The Hall–Kier alpha value is -1.79. The third-order valence-electron chi connectivity index (χ3n) is 3.68. The zero-order valence-corrected chi connectivity index (χ0v) is 13.6. The van der Waals surface area contributed by atoms with Crippen LogP contribution in [0.3, 0.4) is 0 Å². The van der Waals surface area contributed by atoms with Gasteiger partial charge in [-0.05, 0) is 29.7 Å². The molecular formula is C19H24FNO3. The van der Waals surface area contributed by atoms with Crippen molar-refractivity contribution in [3.63, 3.8) is 0 Å². The van der Waals surface area contributed by atoms with Crippen molar-refractivity contribution in [1.82, 2.24) is 5.32 Å². The van der Waals surface area contributed by atoms with Gasteiger partial charge in [0.25, 0.3) is 0 Å². The predicted molar refractivity (Wildman–Crippen MR) is 91.1 cm³/mol. The van der Waals surface area contributed by atoms with Crippen LogP contribution in [-0.2, 0) is 17.8 Å². The Kier molecular flexibility index (Phi) is 7.85. The fraction of sp³-hybridized carbons (Fsp3) is 0.368. The van der Waals surface area contributed by atoms with Crippen LogP contribution in [0.5, 0.6) is 0 Å². The first kappa shape index (κ1) is 18.5. The van der Waals surface area contributed by atoms with E-state index in [1.165, 1.54) is 12.1 Å². The van der Waals surface area contributed by atoms with Gasteiger partial charge >= 0.3 is 0 Å². The van der Waals surface area contributed by atoms with Crippen molar-refractivity contribution in [2.75, 3.05) is 19.8 Å². The summed E-state index contributed by atoms with van der Waals surface area (Å²) in [4.78, 5) is 0. The maximum atomic E-state index is 12.9. The second-order valence-electron chi connectivity index (χ2n) is 5.77. The van der Waals surface area contributed by atoms with E-state index in [0.717, 1.165) is 11.1 Å². The smallest absolute Gasteiger partial charge is 0.123 e. The van der Waals surface area contributed by atoms with Crippen molar-refractivity contribution in [2.24, 2.45) is 0 Å². The highest BCUT2D eigenvalue weighted by molar-refractivity contribution is 5.17. The zero-order chi connectivity index (χ0) is 17.2. The topological polar surface area (TPSA) is 61.7 Å². The average Bonchev–Trinajstić information content (AvgIpc) is 2.61. The molecule has 0 radical (unpaired) electrons. The lowest BCUT2D eigenvalue weighted by molar-refractivity contribution is 0.0266. The number of nitrogens with one attached hydrogen (secondary N) is 1. The second kappa shape index (κ2) is 10.2. The molecule has 0 aliphatic carbocycles. The lowest BCUT2D eigenvalue weighted by Gasteiger charge is -2.19. The summed E-state index contributed by atoms with van der Waals surface area (Å²) < 4.78 is 18.4. The third kappa shape index (κ3) is 6.76. The minimum Gasteiger partial charge on any atom is -0.395 e. The van der Waals surface area contributed by atoms with E-state index in [1.807, 2.05) is 30.3 Å². The molecule has 0 saturated carbocycles. The van der Waals surface area contributed by atoms with Crippen molar-refractivity contribution in [2.45, 2.75) is 25.2 Å². The molecule has 24 heavy (non-hydrogen) atoms. The van der Waals surface area contributed by atoms with E-state index in [9.17, 15) is 14.6 Å². The highest BCUT2D eigenvalue weighted by atomic mass is 19.1. The molecule has 0 bridgehead atoms. The van der Waals surface area contributed by atoms with Gasteiger partial charge in [0.1, 0.15) is 5.82 Å². The summed E-state index contributed by atoms with van der Waals surface area (Å²) in [5.74, 6) is -0.279. The molecule has 0 amide bonds. The lowest BCUT2D eigenvalue weighted by Crippen LogP contribution is -2.40. The molecule has 2 rings (SSSR count). The number of aliphatic hydroxyl groups is 2. The van der Waals surface area contributed by atoms with E-state index in [1.54, 1.807) is 12.1 Å². The number of benzene rings is 2. The number of aliphatic hydroxyl groups excluding tert-OH is 2. The SMILES string of the molecule is OCC(Cc1ccc(F)cc1)NC[C@H](O)COCc1ccccc1. The summed E-state index contributed by atoms with van der Waals surface area (Å²) in [6, 6.07) is 15.8. The normalized spacial score (nSPS) is 13.6. The average molecular weight is 333 g/mol. The van der Waals surface area contributed by atoms with Crippen molar-refractivity contribution >= 4 is 0 Å². The van der Waals surface area contributed by atoms with Crippen molar-refractivity contribution in [3.8, 4) is 0 Å². The molecule has 2 aromatic rings. The van der Waals surface area contributed by atoms with Gasteiger partial charge in [-0.2, -0.15) is 0 Å². The first-order valence-corrected chi connectivity index (χ1v) is 8.06. The molecule has 0 heterocycles. The van der Waals surface area contributed by atoms with Crippen molar-refractivity contribution in [3.05, 3.63) is 71.5 Å². The maximum absolute atomic E-state index is 12.9. The predicted octanol–water partition coefficient (Wildman–Crippen LogP) is 1.90. The zero-order valence-electron chi connectivity index (χ0n) is 13.6. The lowest BCUT2D eigenvalue weighted by atomic mass is 10.1. The molecule has 0 fully saturated rings. The molecule has 1 unspecified atom stereocenters. The summed E-state index contributed by atoms with van der Waals surface area (Å²) in [5, 5.41) is 22.5. The summed E-state index contributed by atoms with van der Waals surface area (Å²) in [6.45, 7) is 0.934. The molecule has 5 heteroatoms. The molecule has 2 atom stereocenters. The molecule has 2 aromatic carbocycles. The number of hydrogen-bond donors (Lipinski definition) is 3. The Morgan fingerprint density at radius 2 is 1.71 bits per heavy atom. The maximum Gasteiger partial charge on any atom is 0.123 e. The van der Waals surface area contributed by atoms with E-state index in [4.69, 9.17) is 4.74 Å². The highest BCUT2D eigenvalue weighted by Gasteiger charge is 2.11. The van der Waals surface area contributed by atoms with Crippen LogP contribution < -0.4 is 5.32 Å². The molecule has 0 aliphatic heterocycles. The minimum absolute atomic E-state index is 0.0605. The molecule has 4 nitrogen and oxygen atoms in total. The van der Waals surface area contributed by atoms with Gasteiger partial charge in [0.2, 0.25) is 0 Å². The van der Waals surface area contributed by atoms with Crippen LogP contribution >= 0.6 is 0 Å². The summed E-state index contributed by atoms with van der Waals surface area (Å²) in [6.07, 6.45) is -0.0926. The van der Waals surface area contributed by atoms with Crippen molar-refractivity contribution in [1.29, 1.82) is 0 Å². The van der Waals surface area contributed by atoms with Gasteiger partial charge in [0.15, 0.2) is 0 Å². The van der Waals surface area contributed by atoms with E-state index in [2.05, 4.69) is 5.32 Å². The molecule has 0 aromatic heterocycles. The van der Waals surface area contributed by atoms with Gasteiger partial charge < -0.3 is 20.3 Å². The number of rotatable bonds is 10. The third-order valence-corrected chi connectivity index (χ3v) is 3.68. The van der Waals surface area contributed by atoms with Gasteiger partial charge in [0, 0.05) is 12.6 Å². The van der Waals surface area contributed by atoms with Gasteiger partial charge in [0.05, 0.1) is 25.9 Å². The van der Waals surface area contributed by atoms with Crippen LogP contribution in [0.4, 0.5) is 4.39 Å². The van der Waals surface area contributed by atoms with Crippen LogP contribution in [0.15, 0.2) is 54.6 Å². The first-order valence-electron chi connectivity index (χ1n) is 8.06. The monoisotopic (exact) mass is 333 g/mol. The Morgan fingerprint density at radius 1 is 1.00 bits per heavy atom. The van der Waals surface area contributed by atoms with E-state index in [0.29, 0.717) is 19.6 Å². The molecule has 0 saturated heterocycles. The Balaban J connectivity index is 1.67. The molecule has 0 aliphatic rings. The molecular weight excluding hydrogens is 309 g/mol. The van der Waals surface area contributed by atoms with E-state index < -0.39 is 6.10 Å². The number of ether oxygens (including phenoxy) is 1. The van der Waals surface area contributed by atoms with Gasteiger partial charge in [-0.3, -0.25) is 0 Å². The molecule has 3 N–H and O–H groups in total. The summed E-state index contributed by atoms with van der Waals surface area (Å²) >= 11 is 0. The Morgan fingerprint density at radius 3 is 2.38 bits per heavy atom. The quantitative estimate of drug-likeness (QED) is 0.621. The van der Waals surface area contributed by atoms with E-state index in [-0.39, 0.29) is 25.1 Å². The Labute approximate surface area is 141 Å². The fourth-order valence-electron chi connectivity index (χ4n) is 2.35. The van der Waals surface area contributed by atoms with Crippen LogP contribution in [0.25, 0.3) is 0 Å². The van der Waals surface area contributed by atoms with Crippen LogP contribution in [0.2, 0.25) is 0 Å². The number of halogens is 1. The fourth-order valence-corrected chi connectivity index (χ4v) is 2.35. The minimum atomic E-state index is -0.656. The van der Waals surface area contributed by atoms with Gasteiger partial charge in [-0.1, -0.05) is 42.5 Å². The first-order chi connectivity index (χ1) is 11.7. The van der Waals surface area contributed by atoms with E-state index >= 15 is 0 Å². The van der Waals surface area contributed by atoms with Crippen molar-refractivity contribution < 1.29 is 19.3 Å². The largest absolute Gasteiger partial charge is 0.395 e. The van der Waals surface area contributed by atoms with Crippen LogP contribution in [0.1, 0.15) is 11.1 Å². The number of hydrogen-bond acceptors (Lipinski definition) is 4. The van der Waals surface area contributed by atoms with Gasteiger partial charge in [-0.25, -0.2) is 4.39 Å². The standard InChI is InChI=1S/C19H24FNO3/c20-17-8-6-15(7-9-17)10-18(12-22)21-11-19(23)14-24-13-16-4-2-1-3-5-16/h1-9,18-19,21-23H,10-14H2/t18?,19-/m0/s1. The second-order valence-corrected chi connectivity index (χ2v) is 5.77. The van der Waals surface area contributed by atoms with Crippen LogP contribution in [0, 0.1) is 5.82 Å². The highest BCUT2D eigenvalue weighted by Crippen LogP contribution is 2.06. The Bertz CT molecular complexity index is 577. The summed E-state index contributed by atoms with van der Waals surface area (Å²) in [5.41, 5.74) is 1.99. The molecule has 0 spiro atoms. The van der Waals surface area contributed by atoms with Crippen LogP contribution in [-0.4, -0.2) is 42.1 Å². The molecule has 130 valence electrons.